The number of para-hydroxylation sites is 1. The third-order valence-corrected chi connectivity index (χ3v) is 4.04. The summed E-state index contributed by atoms with van der Waals surface area (Å²) in [6, 6.07) is 7.99. The first-order chi connectivity index (χ1) is 9.16. The number of anilines is 2. The van der Waals surface area contributed by atoms with Crippen molar-refractivity contribution in [2.24, 2.45) is 0 Å². The van der Waals surface area contributed by atoms with Crippen molar-refractivity contribution in [2.75, 3.05) is 5.32 Å². The first kappa shape index (κ1) is 12.6. The van der Waals surface area contributed by atoms with Crippen LogP contribution in [-0.2, 0) is 0 Å². The molecule has 0 fully saturated rings. The van der Waals surface area contributed by atoms with Crippen LogP contribution in [0.25, 0.3) is 5.78 Å². The molecule has 2 aromatic heterocycles. The minimum absolute atomic E-state index is 0.425. The van der Waals surface area contributed by atoms with E-state index in [4.69, 9.17) is 11.6 Å². The van der Waals surface area contributed by atoms with Gasteiger partial charge in [0.1, 0.15) is 17.3 Å². The lowest BCUT2D eigenvalue weighted by atomic mass is 10.3. The van der Waals surface area contributed by atoms with Crippen molar-refractivity contribution >= 4 is 51.5 Å². The fraction of sp³-hybridized carbons (Fsp3) is 0.0833. The predicted molar refractivity (Wildman–Crippen MR) is 83.0 cm³/mol. The van der Waals surface area contributed by atoms with Crippen LogP contribution in [0.1, 0.15) is 5.56 Å². The van der Waals surface area contributed by atoms with Crippen molar-refractivity contribution in [1.29, 1.82) is 0 Å². The Balaban J connectivity index is 2.17. The van der Waals surface area contributed by atoms with E-state index in [0.717, 1.165) is 20.6 Å². The van der Waals surface area contributed by atoms with Crippen LogP contribution in [0.15, 0.2) is 30.6 Å². The Morgan fingerprint density at radius 2 is 2.11 bits per heavy atom. The summed E-state index contributed by atoms with van der Waals surface area (Å²) < 4.78 is 2.75. The second kappa shape index (κ2) is 4.93. The lowest BCUT2D eigenvalue weighted by Gasteiger charge is -2.12. The molecule has 0 spiro atoms. The SMILES string of the molecule is Cc1c(Cl)nc2ncnn2c1Nc1ccccc1I. The average molecular weight is 386 g/mol. The maximum absolute atomic E-state index is 6.12. The molecule has 2 heterocycles. The number of fused-ring (bicyclic) bond motifs is 1. The van der Waals surface area contributed by atoms with Crippen LogP contribution in [0, 0.1) is 10.5 Å². The molecule has 1 aromatic carbocycles. The van der Waals surface area contributed by atoms with E-state index in [1.54, 1.807) is 4.52 Å². The van der Waals surface area contributed by atoms with Gasteiger partial charge in [0.15, 0.2) is 0 Å². The van der Waals surface area contributed by atoms with Gasteiger partial charge in [-0.25, -0.2) is 0 Å². The van der Waals surface area contributed by atoms with Gasteiger partial charge in [0, 0.05) is 9.13 Å². The molecule has 0 bridgehead atoms. The van der Waals surface area contributed by atoms with Crippen molar-refractivity contribution in [1.82, 2.24) is 19.6 Å². The normalized spacial score (nSPS) is 10.9. The highest BCUT2D eigenvalue weighted by molar-refractivity contribution is 14.1. The topological polar surface area (TPSA) is 55.1 Å². The lowest BCUT2D eigenvalue weighted by molar-refractivity contribution is 0.936. The molecule has 96 valence electrons. The summed E-state index contributed by atoms with van der Waals surface area (Å²) in [5, 5.41) is 7.93. The molecule has 0 unspecified atom stereocenters. The molecule has 3 rings (SSSR count). The molecule has 5 nitrogen and oxygen atoms in total. The van der Waals surface area contributed by atoms with Gasteiger partial charge in [-0.05, 0) is 41.6 Å². The van der Waals surface area contributed by atoms with E-state index in [1.165, 1.54) is 6.33 Å². The predicted octanol–water partition coefficient (Wildman–Crippen LogP) is 3.43. The number of aromatic nitrogens is 4. The minimum Gasteiger partial charge on any atom is -0.339 e. The Bertz CT molecular complexity index is 755. The van der Waals surface area contributed by atoms with Gasteiger partial charge in [0.2, 0.25) is 0 Å². The van der Waals surface area contributed by atoms with Crippen molar-refractivity contribution < 1.29 is 0 Å². The smallest absolute Gasteiger partial charge is 0.255 e. The molecule has 0 saturated heterocycles. The maximum atomic E-state index is 6.12. The van der Waals surface area contributed by atoms with Crippen LogP contribution in [0.5, 0.6) is 0 Å². The minimum atomic E-state index is 0.425. The Kier molecular flexibility index (Phi) is 3.28. The molecule has 0 aliphatic heterocycles. The van der Waals surface area contributed by atoms with Gasteiger partial charge in [-0.15, -0.1) is 0 Å². The Hall–Kier alpha value is -1.41. The third kappa shape index (κ3) is 2.25. The zero-order valence-electron chi connectivity index (χ0n) is 9.93. The standard InChI is InChI=1S/C12H9ClIN5/c1-7-10(13)18-12-15-6-16-19(12)11(7)17-9-5-3-2-4-8(9)14/h2-6,17H,1H3. The average Bonchev–Trinajstić information content (AvgIpc) is 2.85. The van der Waals surface area contributed by atoms with E-state index in [1.807, 2.05) is 31.2 Å². The van der Waals surface area contributed by atoms with Crippen LogP contribution < -0.4 is 5.32 Å². The Morgan fingerprint density at radius 3 is 2.89 bits per heavy atom. The molecular weight excluding hydrogens is 377 g/mol. The quantitative estimate of drug-likeness (QED) is 0.542. The molecule has 0 aliphatic carbocycles. The summed E-state index contributed by atoms with van der Waals surface area (Å²) in [6.07, 6.45) is 1.46. The molecule has 3 aromatic rings. The summed E-state index contributed by atoms with van der Waals surface area (Å²) in [5.74, 6) is 1.25. The van der Waals surface area contributed by atoms with Crippen molar-refractivity contribution in [2.45, 2.75) is 6.92 Å². The van der Waals surface area contributed by atoms with Gasteiger partial charge in [0.05, 0.1) is 5.69 Å². The lowest BCUT2D eigenvalue weighted by Crippen LogP contribution is -2.05. The first-order valence-electron chi connectivity index (χ1n) is 5.54. The number of nitrogens with zero attached hydrogens (tertiary/aromatic N) is 4. The van der Waals surface area contributed by atoms with Crippen molar-refractivity contribution in [3.05, 3.63) is 44.9 Å². The zero-order valence-corrected chi connectivity index (χ0v) is 12.8. The Labute approximate surface area is 128 Å². The monoisotopic (exact) mass is 385 g/mol. The number of hydrogen-bond acceptors (Lipinski definition) is 4. The number of rotatable bonds is 2. The molecule has 0 amide bonds. The maximum Gasteiger partial charge on any atom is 0.255 e. The molecule has 19 heavy (non-hydrogen) atoms. The summed E-state index contributed by atoms with van der Waals surface area (Å²) in [7, 11) is 0. The van der Waals surface area contributed by atoms with E-state index in [0.29, 0.717) is 10.9 Å². The van der Waals surface area contributed by atoms with Gasteiger partial charge >= 0.3 is 0 Å². The largest absolute Gasteiger partial charge is 0.339 e. The van der Waals surface area contributed by atoms with Gasteiger partial charge in [0.25, 0.3) is 5.78 Å². The highest BCUT2D eigenvalue weighted by Gasteiger charge is 2.13. The summed E-state index contributed by atoms with van der Waals surface area (Å²) in [5.41, 5.74) is 1.82. The van der Waals surface area contributed by atoms with Gasteiger partial charge in [-0.3, -0.25) is 0 Å². The highest BCUT2D eigenvalue weighted by atomic mass is 127. The van der Waals surface area contributed by atoms with Crippen molar-refractivity contribution in [3.63, 3.8) is 0 Å². The number of hydrogen-bond donors (Lipinski definition) is 1. The van der Waals surface area contributed by atoms with E-state index in [2.05, 4.69) is 43.0 Å². The number of benzene rings is 1. The van der Waals surface area contributed by atoms with Crippen LogP contribution in [-0.4, -0.2) is 19.6 Å². The van der Waals surface area contributed by atoms with Crippen LogP contribution in [0.4, 0.5) is 11.5 Å². The zero-order chi connectivity index (χ0) is 13.4. The van der Waals surface area contributed by atoms with E-state index < -0.39 is 0 Å². The summed E-state index contributed by atoms with van der Waals surface area (Å²) in [6.45, 7) is 1.90. The van der Waals surface area contributed by atoms with Crippen LogP contribution in [0.2, 0.25) is 5.15 Å². The summed E-state index contributed by atoms with van der Waals surface area (Å²) in [4.78, 5) is 8.23. The molecule has 0 saturated carbocycles. The van der Waals surface area contributed by atoms with Crippen LogP contribution >= 0.6 is 34.2 Å². The molecule has 0 radical (unpaired) electrons. The molecule has 0 aliphatic rings. The molecule has 7 heteroatoms. The molecule has 0 atom stereocenters. The van der Waals surface area contributed by atoms with Gasteiger partial charge < -0.3 is 5.32 Å². The number of halogens is 2. The summed E-state index contributed by atoms with van der Waals surface area (Å²) >= 11 is 8.40. The number of nitrogens with one attached hydrogen (secondary N) is 1. The second-order valence-electron chi connectivity index (χ2n) is 3.95. The van der Waals surface area contributed by atoms with E-state index in [-0.39, 0.29) is 0 Å². The fourth-order valence-electron chi connectivity index (χ4n) is 1.73. The molecular formula is C12H9ClIN5. The molecule has 1 N–H and O–H groups in total. The van der Waals surface area contributed by atoms with Gasteiger partial charge in [-0.1, -0.05) is 23.7 Å². The Morgan fingerprint density at radius 1 is 1.32 bits per heavy atom. The third-order valence-electron chi connectivity index (χ3n) is 2.73. The van der Waals surface area contributed by atoms with E-state index >= 15 is 0 Å². The first-order valence-corrected chi connectivity index (χ1v) is 7.00. The fourth-order valence-corrected chi connectivity index (χ4v) is 2.42. The van der Waals surface area contributed by atoms with Crippen molar-refractivity contribution in [3.8, 4) is 0 Å². The highest BCUT2D eigenvalue weighted by Crippen LogP contribution is 2.27. The van der Waals surface area contributed by atoms with E-state index in [9.17, 15) is 0 Å². The van der Waals surface area contributed by atoms with Gasteiger partial charge in [-0.2, -0.15) is 19.6 Å². The van der Waals surface area contributed by atoms with Crippen LogP contribution in [0.3, 0.4) is 0 Å². The second-order valence-corrected chi connectivity index (χ2v) is 5.47.